The molecule has 1 amide bonds. The number of benzene rings is 1. The van der Waals surface area contributed by atoms with Crippen molar-refractivity contribution in [3.05, 3.63) is 42.0 Å². The minimum Gasteiger partial charge on any atom is -0.352 e. The molecule has 3 heterocycles. The molecule has 0 aliphatic carbocycles. The first-order valence-corrected chi connectivity index (χ1v) is 12.1. The predicted molar refractivity (Wildman–Crippen MR) is 109 cm³/mol. The van der Waals surface area contributed by atoms with Gasteiger partial charge in [0.25, 0.3) is 0 Å². The lowest BCUT2D eigenvalue weighted by molar-refractivity contribution is -0.119. The van der Waals surface area contributed by atoms with E-state index < -0.39 is 9.84 Å². The number of amides is 1. The van der Waals surface area contributed by atoms with Crippen molar-refractivity contribution in [1.82, 2.24) is 15.3 Å². The van der Waals surface area contributed by atoms with Crippen LogP contribution >= 0.6 is 23.1 Å². The third-order valence-electron chi connectivity index (χ3n) is 4.36. The number of hydrogen-bond donors (Lipinski definition) is 1. The van der Waals surface area contributed by atoms with Gasteiger partial charge < -0.3 is 5.32 Å². The molecule has 0 saturated carbocycles. The summed E-state index contributed by atoms with van der Waals surface area (Å²) < 4.78 is 23.0. The van der Waals surface area contributed by atoms with E-state index >= 15 is 0 Å². The number of fused-ring (bicyclic) bond motifs is 1. The van der Waals surface area contributed by atoms with E-state index in [1.165, 1.54) is 18.1 Å². The maximum Gasteiger partial charge on any atom is 0.230 e. The number of thiophene rings is 1. The second kappa shape index (κ2) is 7.57. The van der Waals surface area contributed by atoms with Crippen LogP contribution in [0.2, 0.25) is 0 Å². The normalized spacial score (nSPS) is 18.6. The van der Waals surface area contributed by atoms with Crippen molar-refractivity contribution < 1.29 is 13.2 Å². The summed E-state index contributed by atoms with van der Waals surface area (Å²) in [6.07, 6.45) is 2.00. The second-order valence-corrected chi connectivity index (χ2v) is 10.4. The lowest BCUT2D eigenvalue weighted by Gasteiger charge is -2.10. The molecule has 4 rings (SSSR count). The van der Waals surface area contributed by atoms with Crippen LogP contribution < -0.4 is 5.32 Å². The topological polar surface area (TPSA) is 89.0 Å². The molecule has 140 valence electrons. The smallest absolute Gasteiger partial charge is 0.230 e. The summed E-state index contributed by atoms with van der Waals surface area (Å²) in [6, 6.07) is 9.73. The van der Waals surface area contributed by atoms with Crippen molar-refractivity contribution in [2.45, 2.75) is 17.5 Å². The van der Waals surface area contributed by atoms with E-state index in [2.05, 4.69) is 20.7 Å². The molecule has 1 saturated heterocycles. The van der Waals surface area contributed by atoms with Crippen LogP contribution in [-0.2, 0) is 14.6 Å². The third kappa shape index (κ3) is 4.15. The van der Waals surface area contributed by atoms with E-state index in [1.54, 1.807) is 11.3 Å². The number of carbonyl (C=O) groups excluding carboxylic acids is 1. The fraction of sp³-hybridized carbons (Fsp3) is 0.278. The van der Waals surface area contributed by atoms with Crippen LogP contribution in [0.25, 0.3) is 21.3 Å². The molecule has 2 aromatic heterocycles. The van der Waals surface area contributed by atoms with Crippen molar-refractivity contribution in [1.29, 1.82) is 0 Å². The SMILES string of the molecule is O=C(CSc1ncnc2scc(-c3ccccc3)c12)N[C@H]1CCS(=O)(=O)C1. The number of nitrogens with zero attached hydrogens (tertiary/aromatic N) is 2. The van der Waals surface area contributed by atoms with Crippen LogP contribution in [0.1, 0.15) is 6.42 Å². The van der Waals surface area contributed by atoms with E-state index in [-0.39, 0.29) is 29.2 Å². The molecule has 1 aliphatic heterocycles. The Morgan fingerprint density at radius 2 is 2.07 bits per heavy atom. The molecule has 1 fully saturated rings. The Bertz CT molecular complexity index is 1080. The molecule has 0 bridgehead atoms. The minimum absolute atomic E-state index is 0.0316. The maximum absolute atomic E-state index is 12.2. The van der Waals surface area contributed by atoms with Gasteiger partial charge in [0.1, 0.15) is 16.2 Å². The Morgan fingerprint density at radius 1 is 1.26 bits per heavy atom. The van der Waals surface area contributed by atoms with Gasteiger partial charge in [-0.2, -0.15) is 0 Å². The van der Waals surface area contributed by atoms with Gasteiger partial charge >= 0.3 is 0 Å². The summed E-state index contributed by atoms with van der Waals surface area (Å²) in [4.78, 5) is 21.8. The fourth-order valence-electron chi connectivity index (χ4n) is 3.10. The predicted octanol–water partition coefficient (Wildman–Crippen LogP) is 2.75. The summed E-state index contributed by atoms with van der Waals surface area (Å²) in [7, 11) is -3.01. The second-order valence-electron chi connectivity index (χ2n) is 6.33. The number of aromatic nitrogens is 2. The zero-order chi connectivity index (χ0) is 18.9. The highest BCUT2D eigenvalue weighted by atomic mass is 32.2. The van der Waals surface area contributed by atoms with Gasteiger partial charge in [-0.15, -0.1) is 11.3 Å². The maximum atomic E-state index is 12.2. The van der Waals surface area contributed by atoms with Gasteiger partial charge in [-0.05, 0) is 12.0 Å². The third-order valence-corrected chi connectivity index (χ3v) is 8.00. The highest BCUT2D eigenvalue weighted by Gasteiger charge is 2.28. The van der Waals surface area contributed by atoms with Gasteiger partial charge in [-0.1, -0.05) is 42.1 Å². The average molecular weight is 420 g/mol. The van der Waals surface area contributed by atoms with Gasteiger partial charge in [0.15, 0.2) is 9.84 Å². The van der Waals surface area contributed by atoms with Gasteiger partial charge in [0.05, 0.1) is 22.6 Å². The molecule has 0 radical (unpaired) electrons. The number of thioether (sulfide) groups is 1. The Morgan fingerprint density at radius 3 is 2.81 bits per heavy atom. The Balaban J connectivity index is 1.51. The van der Waals surface area contributed by atoms with Crippen LogP contribution in [0.15, 0.2) is 47.1 Å². The standard InChI is InChI=1S/C18H17N3O3S3/c22-15(21-13-6-7-27(23,24)10-13)9-26-18-16-14(12-4-2-1-3-5-12)8-25-17(16)19-11-20-18/h1-5,8,11,13H,6-7,9-10H2,(H,21,22)/t13-/m0/s1. The van der Waals surface area contributed by atoms with Crippen LogP contribution in [0.3, 0.4) is 0 Å². The van der Waals surface area contributed by atoms with E-state index in [9.17, 15) is 13.2 Å². The number of sulfone groups is 1. The quantitative estimate of drug-likeness (QED) is 0.505. The summed E-state index contributed by atoms with van der Waals surface area (Å²) in [6.45, 7) is 0. The first-order chi connectivity index (χ1) is 13.0. The summed E-state index contributed by atoms with van der Waals surface area (Å²) >= 11 is 2.90. The number of carbonyl (C=O) groups is 1. The molecule has 3 aromatic rings. The molecule has 1 aliphatic rings. The lowest BCUT2D eigenvalue weighted by atomic mass is 10.1. The van der Waals surface area contributed by atoms with Gasteiger partial charge in [-0.25, -0.2) is 18.4 Å². The van der Waals surface area contributed by atoms with Crippen LogP contribution in [0.5, 0.6) is 0 Å². The number of hydrogen-bond acceptors (Lipinski definition) is 7. The molecule has 1 N–H and O–H groups in total. The monoisotopic (exact) mass is 419 g/mol. The van der Waals surface area contributed by atoms with Crippen molar-refractivity contribution >= 4 is 49.1 Å². The molecule has 0 spiro atoms. The largest absolute Gasteiger partial charge is 0.352 e. The van der Waals surface area contributed by atoms with E-state index in [1.807, 2.05) is 30.3 Å². The average Bonchev–Trinajstić information content (AvgIpc) is 3.24. The van der Waals surface area contributed by atoms with Crippen molar-refractivity contribution in [3.63, 3.8) is 0 Å². The summed E-state index contributed by atoms with van der Waals surface area (Å²) in [5, 5.41) is 6.58. The highest BCUT2D eigenvalue weighted by Crippen LogP contribution is 2.37. The van der Waals surface area contributed by atoms with Crippen LogP contribution in [-0.4, -0.2) is 47.6 Å². The zero-order valence-corrected chi connectivity index (χ0v) is 16.7. The lowest BCUT2D eigenvalue weighted by Crippen LogP contribution is -2.36. The molecule has 0 unspecified atom stereocenters. The first kappa shape index (κ1) is 18.4. The summed E-state index contributed by atoms with van der Waals surface area (Å²) in [5.41, 5.74) is 2.14. The first-order valence-electron chi connectivity index (χ1n) is 8.42. The van der Waals surface area contributed by atoms with Gasteiger partial charge in [-0.3, -0.25) is 4.79 Å². The molecular formula is C18H17N3O3S3. The molecule has 6 nitrogen and oxygen atoms in total. The van der Waals surface area contributed by atoms with Crippen molar-refractivity contribution in [2.75, 3.05) is 17.3 Å². The van der Waals surface area contributed by atoms with Gasteiger partial charge in [0.2, 0.25) is 5.91 Å². The van der Waals surface area contributed by atoms with Gasteiger partial charge in [0, 0.05) is 17.0 Å². The number of nitrogens with one attached hydrogen (secondary N) is 1. The Kier molecular flexibility index (Phi) is 5.16. The molecule has 27 heavy (non-hydrogen) atoms. The molecule has 9 heteroatoms. The Labute approximate surface area is 165 Å². The molecular weight excluding hydrogens is 402 g/mol. The zero-order valence-electron chi connectivity index (χ0n) is 14.3. The highest BCUT2D eigenvalue weighted by molar-refractivity contribution is 8.00. The Hall–Kier alpha value is -1.97. The molecule has 1 aromatic carbocycles. The van der Waals surface area contributed by atoms with E-state index in [0.717, 1.165) is 26.4 Å². The van der Waals surface area contributed by atoms with Crippen LogP contribution in [0, 0.1) is 0 Å². The summed E-state index contributed by atoms with van der Waals surface area (Å²) in [5.74, 6) is 0.189. The van der Waals surface area contributed by atoms with Crippen molar-refractivity contribution in [3.8, 4) is 11.1 Å². The minimum atomic E-state index is -3.01. The van der Waals surface area contributed by atoms with Crippen molar-refractivity contribution in [2.24, 2.45) is 0 Å². The van der Waals surface area contributed by atoms with Crippen LogP contribution in [0.4, 0.5) is 0 Å². The van der Waals surface area contributed by atoms with E-state index in [0.29, 0.717) is 6.42 Å². The number of rotatable bonds is 5. The molecule has 1 atom stereocenters. The fourth-order valence-corrected chi connectivity index (χ4v) is 6.58. The van der Waals surface area contributed by atoms with E-state index in [4.69, 9.17) is 0 Å².